The van der Waals surface area contributed by atoms with Gasteiger partial charge in [0.15, 0.2) is 0 Å². The van der Waals surface area contributed by atoms with Crippen LogP contribution in [0.25, 0.3) is 0 Å². The van der Waals surface area contributed by atoms with Crippen molar-refractivity contribution >= 4 is 0 Å². The zero-order valence-electron chi connectivity index (χ0n) is 10.8. The number of rotatable bonds is 4. The van der Waals surface area contributed by atoms with Gasteiger partial charge in [0.1, 0.15) is 0 Å². The Morgan fingerprint density at radius 3 is 2.84 bits per heavy atom. The largest absolute Gasteiger partial charge is 0.472 e. The molecule has 0 amide bonds. The molecule has 3 rings (SSSR count). The minimum atomic E-state index is -0.250. The summed E-state index contributed by atoms with van der Waals surface area (Å²) < 4.78 is 5.11. The number of likely N-dealkylation sites (tertiary alicyclic amines) is 1. The van der Waals surface area contributed by atoms with Crippen molar-refractivity contribution in [3.05, 3.63) is 54.2 Å². The molecule has 0 bridgehead atoms. The summed E-state index contributed by atoms with van der Waals surface area (Å²) in [4.78, 5) is 6.36. The molecule has 1 N–H and O–H groups in total. The molecule has 1 aliphatic rings. The van der Waals surface area contributed by atoms with Crippen LogP contribution in [0.3, 0.4) is 0 Å². The minimum absolute atomic E-state index is 0.178. The van der Waals surface area contributed by atoms with E-state index in [0.29, 0.717) is 0 Å². The van der Waals surface area contributed by atoms with Crippen molar-refractivity contribution < 1.29 is 9.52 Å². The number of hydrogen-bond donors (Lipinski definition) is 1. The van der Waals surface area contributed by atoms with E-state index in [1.54, 1.807) is 24.9 Å². The molecule has 0 saturated carbocycles. The monoisotopic (exact) mass is 258 g/mol. The van der Waals surface area contributed by atoms with Crippen molar-refractivity contribution in [3.63, 3.8) is 0 Å². The number of furan rings is 1. The van der Waals surface area contributed by atoms with Gasteiger partial charge in [0.2, 0.25) is 0 Å². The normalized spacial score (nSPS) is 23.8. The fraction of sp³-hybridized carbons (Fsp3) is 0.400. The van der Waals surface area contributed by atoms with Gasteiger partial charge in [-0.1, -0.05) is 0 Å². The zero-order valence-corrected chi connectivity index (χ0v) is 10.8. The first-order valence-corrected chi connectivity index (χ1v) is 6.65. The standard InChI is InChI=1S/C15H18N2O2/c18-15-3-7-17(10-13-4-8-19-11-13)14(15)9-12-1-5-16-6-2-12/h1-2,4-6,8,11,14-15,18H,3,7,9-10H2/t14-,15-/m0/s1. The van der Waals surface area contributed by atoms with Crippen molar-refractivity contribution in [1.82, 2.24) is 9.88 Å². The molecule has 2 atom stereocenters. The molecule has 0 unspecified atom stereocenters. The third kappa shape index (κ3) is 2.85. The molecule has 100 valence electrons. The van der Waals surface area contributed by atoms with Gasteiger partial charge in [0.25, 0.3) is 0 Å². The van der Waals surface area contributed by atoms with E-state index >= 15 is 0 Å². The Kier molecular flexibility index (Phi) is 3.62. The minimum Gasteiger partial charge on any atom is -0.472 e. The number of hydrogen-bond acceptors (Lipinski definition) is 4. The summed E-state index contributed by atoms with van der Waals surface area (Å²) in [6, 6.07) is 6.19. The summed E-state index contributed by atoms with van der Waals surface area (Å²) in [5, 5.41) is 10.2. The van der Waals surface area contributed by atoms with Gasteiger partial charge in [-0.3, -0.25) is 9.88 Å². The molecule has 19 heavy (non-hydrogen) atoms. The fourth-order valence-electron chi connectivity index (χ4n) is 2.74. The van der Waals surface area contributed by atoms with E-state index in [0.717, 1.165) is 31.5 Å². The first kappa shape index (κ1) is 12.4. The maximum Gasteiger partial charge on any atom is 0.0947 e. The average molecular weight is 258 g/mol. The highest BCUT2D eigenvalue weighted by Gasteiger charge is 2.32. The van der Waals surface area contributed by atoms with Crippen LogP contribution in [0, 0.1) is 0 Å². The van der Waals surface area contributed by atoms with Crippen molar-refractivity contribution in [2.24, 2.45) is 0 Å². The highest BCUT2D eigenvalue weighted by atomic mass is 16.3. The third-order valence-electron chi connectivity index (χ3n) is 3.79. The topological polar surface area (TPSA) is 49.5 Å². The summed E-state index contributed by atoms with van der Waals surface area (Å²) in [5.74, 6) is 0. The van der Waals surface area contributed by atoms with Crippen molar-refractivity contribution in [2.45, 2.75) is 31.5 Å². The molecule has 1 fully saturated rings. The molecule has 1 saturated heterocycles. The molecule has 2 aromatic rings. The molecular weight excluding hydrogens is 240 g/mol. The van der Waals surface area contributed by atoms with Crippen molar-refractivity contribution in [1.29, 1.82) is 0 Å². The van der Waals surface area contributed by atoms with E-state index < -0.39 is 0 Å². The maximum absolute atomic E-state index is 10.2. The Hall–Kier alpha value is -1.65. The van der Waals surface area contributed by atoms with E-state index in [4.69, 9.17) is 4.42 Å². The molecule has 1 aliphatic heterocycles. The van der Waals surface area contributed by atoms with Crippen LogP contribution in [-0.2, 0) is 13.0 Å². The van der Waals surface area contributed by atoms with Crippen LogP contribution in [-0.4, -0.2) is 33.7 Å². The summed E-state index contributed by atoms with van der Waals surface area (Å²) in [6.45, 7) is 1.77. The van der Waals surface area contributed by atoms with Crippen molar-refractivity contribution in [2.75, 3.05) is 6.54 Å². The SMILES string of the molecule is O[C@H]1CCN(Cc2ccoc2)[C@H]1Cc1ccncc1. The Morgan fingerprint density at radius 2 is 2.11 bits per heavy atom. The Bertz CT molecular complexity index is 498. The van der Waals surface area contributed by atoms with Gasteiger partial charge >= 0.3 is 0 Å². The van der Waals surface area contributed by atoms with Gasteiger partial charge in [-0.05, 0) is 36.6 Å². The Morgan fingerprint density at radius 1 is 1.26 bits per heavy atom. The Labute approximate surface area is 112 Å². The number of nitrogens with zero attached hydrogens (tertiary/aromatic N) is 2. The zero-order chi connectivity index (χ0) is 13.1. The van der Waals surface area contributed by atoms with Gasteiger partial charge in [-0.25, -0.2) is 0 Å². The second-order valence-corrected chi connectivity index (χ2v) is 5.09. The lowest BCUT2D eigenvalue weighted by Gasteiger charge is -2.25. The molecule has 4 heteroatoms. The molecule has 0 radical (unpaired) electrons. The third-order valence-corrected chi connectivity index (χ3v) is 3.79. The van der Waals surface area contributed by atoms with Crippen LogP contribution >= 0.6 is 0 Å². The van der Waals surface area contributed by atoms with Gasteiger partial charge < -0.3 is 9.52 Å². The lowest BCUT2D eigenvalue weighted by Crippen LogP contribution is -2.36. The summed E-state index contributed by atoms with van der Waals surface area (Å²) in [6.07, 6.45) is 8.53. The van der Waals surface area contributed by atoms with E-state index in [-0.39, 0.29) is 12.1 Å². The average Bonchev–Trinajstić information content (AvgIpc) is 3.05. The predicted molar refractivity (Wildman–Crippen MR) is 71.5 cm³/mol. The lowest BCUT2D eigenvalue weighted by molar-refractivity contribution is 0.112. The maximum atomic E-state index is 10.2. The first-order chi connectivity index (χ1) is 9.33. The number of aromatic nitrogens is 1. The van der Waals surface area contributed by atoms with Crippen LogP contribution < -0.4 is 0 Å². The molecule has 0 aromatic carbocycles. The van der Waals surface area contributed by atoms with Crippen LogP contribution in [0.15, 0.2) is 47.5 Å². The summed E-state index contributed by atoms with van der Waals surface area (Å²) >= 11 is 0. The van der Waals surface area contributed by atoms with E-state index in [9.17, 15) is 5.11 Å². The Balaban J connectivity index is 1.70. The van der Waals surface area contributed by atoms with Crippen LogP contribution in [0.5, 0.6) is 0 Å². The second kappa shape index (κ2) is 5.55. The van der Waals surface area contributed by atoms with Gasteiger partial charge in [-0.15, -0.1) is 0 Å². The summed E-state index contributed by atoms with van der Waals surface area (Å²) in [5.41, 5.74) is 2.38. The smallest absolute Gasteiger partial charge is 0.0947 e. The first-order valence-electron chi connectivity index (χ1n) is 6.65. The number of pyridine rings is 1. The van der Waals surface area contributed by atoms with Crippen LogP contribution in [0.1, 0.15) is 17.5 Å². The lowest BCUT2D eigenvalue weighted by atomic mass is 10.0. The van der Waals surface area contributed by atoms with E-state index in [2.05, 4.69) is 9.88 Å². The second-order valence-electron chi connectivity index (χ2n) is 5.09. The van der Waals surface area contributed by atoms with E-state index in [1.165, 1.54) is 5.56 Å². The van der Waals surface area contributed by atoms with Crippen LogP contribution in [0.4, 0.5) is 0 Å². The molecule has 2 aromatic heterocycles. The highest BCUT2D eigenvalue weighted by molar-refractivity contribution is 5.14. The van der Waals surface area contributed by atoms with Crippen molar-refractivity contribution in [3.8, 4) is 0 Å². The molecule has 0 spiro atoms. The van der Waals surface area contributed by atoms with E-state index in [1.807, 2.05) is 18.2 Å². The quantitative estimate of drug-likeness (QED) is 0.909. The predicted octanol–water partition coefficient (Wildman–Crippen LogP) is 1.85. The molecule has 0 aliphatic carbocycles. The van der Waals surface area contributed by atoms with Gasteiger partial charge in [-0.2, -0.15) is 0 Å². The number of aliphatic hydroxyl groups excluding tert-OH is 1. The van der Waals surface area contributed by atoms with Gasteiger partial charge in [0, 0.05) is 37.1 Å². The van der Waals surface area contributed by atoms with Gasteiger partial charge in [0.05, 0.1) is 18.6 Å². The van der Waals surface area contributed by atoms with Crippen LogP contribution in [0.2, 0.25) is 0 Å². The fourth-order valence-corrected chi connectivity index (χ4v) is 2.74. The molecular formula is C15H18N2O2. The summed E-state index contributed by atoms with van der Waals surface area (Å²) in [7, 11) is 0. The highest BCUT2D eigenvalue weighted by Crippen LogP contribution is 2.23. The molecule has 4 nitrogen and oxygen atoms in total. The number of aliphatic hydroxyl groups is 1. The molecule has 3 heterocycles.